The van der Waals surface area contributed by atoms with Crippen LogP contribution in [0.1, 0.15) is 44.7 Å². The van der Waals surface area contributed by atoms with Gasteiger partial charge in [-0.2, -0.15) is 5.10 Å². The molecule has 0 heterocycles. The molecular weight excluding hydrogens is 334 g/mol. The molecule has 1 unspecified atom stereocenters. The number of ether oxygens (including phenoxy) is 1. The van der Waals surface area contributed by atoms with E-state index >= 15 is 0 Å². The highest BCUT2D eigenvalue weighted by atomic mass is 16.5. The molecule has 0 fully saturated rings. The van der Waals surface area contributed by atoms with Crippen molar-refractivity contribution in [1.29, 1.82) is 0 Å². The molecule has 7 heteroatoms. The molecule has 0 saturated carbocycles. The molecular formula is C19H27N3O4. The first-order valence-electron chi connectivity index (χ1n) is 8.61. The van der Waals surface area contributed by atoms with Crippen molar-refractivity contribution in [2.75, 3.05) is 11.9 Å². The van der Waals surface area contributed by atoms with Gasteiger partial charge in [0.15, 0.2) is 0 Å². The summed E-state index contributed by atoms with van der Waals surface area (Å²) in [6, 6.07) is 5.79. The molecule has 7 nitrogen and oxygen atoms in total. The molecule has 0 aromatic heterocycles. The largest absolute Gasteiger partial charge is 0.465 e. The van der Waals surface area contributed by atoms with Crippen LogP contribution in [-0.2, 0) is 19.1 Å². The maximum atomic E-state index is 12.0. The van der Waals surface area contributed by atoms with Crippen LogP contribution in [0.3, 0.4) is 0 Å². The molecule has 1 atom stereocenters. The van der Waals surface area contributed by atoms with E-state index in [1.165, 1.54) is 0 Å². The first kappa shape index (κ1) is 21.3. The number of hydrogen-bond donors (Lipinski definition) is 2. The lowest BCUT2D eigenvalue weighted by Crippen LogP contribution is -2.26. The Hall–Kier alpha value is -2.70. The summed E-state index contributed by atoms with van der Waals surface area (Å²) in [5.41, 5.74) is 5.55. The maximum Gasteiger partial charge on any atom is 0.314 e. The minimum atomic E-state index is -0.539. The summed E-state index contributed by atoms with van der Waals surface area (Å²) in [5, 5.41) is 6.70. The molecule has 0 aliphatic carbocycles. The average Bonchev–Trinajstić information content (AvgIpc) is 2.60. The molecule has 2 N–H and O–H groups in total. The molecule has 0 aliphatic heterocycles. The summed E-state index contributed by atoms with van der Waals surface area (Å²) >= 11 is 0. The molecule has 1 aromatic carbocycles. The normalized spacial score (nSPS) is 12.3. The number of hydrogen-bond acceptors (Lipinski definition) is 5. The lowest BCUT2D eigenvalue weighted by Gasteiger charge is -2.10. The molecule has 0 radical (unpaired) electrons. The van der Waals surface area contributed by atoms with Crippen LogP contribution in [0.5, 0.6) is 0 Å². The number of nitrogens with zero attached hydrogens (tertiary/aromatic N) is 1. The molecule has 142 valence electrons. The van der Waals surface area contributed by atoms with E-state index in [1.54, 1.807) is 20.8 Å². The van der Waals surface area contributed by atoms with E-state index < -0.39 is 17.8 Å². The maximum absolute atomic E-state index is 12.0. The van der Waals surface area contributed by atoms with E-state index in [2.05, 4.69) is 15.8 Å². The summed E-state index contributed by atoms with van der Waals surface area (Å²) in [6.45, 7) is 9.15. The zero-order valence-electron chi connectivity index (χ0n) is 16.0. The molecule has 2 amide bonds. The lowest BCUT2D eigenvalue weighted by atomic mass is 10.1. The molecule has 1 aromatic rings. The minimum Gasteiger partial charge on any atom is -0.465 e. The van der Waals surface area contributed by atoms with Crippen molar-refractivity contribution in [1.82, 2.24) is 5.43 Å². The summed E-state index contributed by atoms with van der Waals surface area (Å²) in [5.74, 6) is -1.57. The first-order valence-corrected chi connectivity index (χ1v) is 8.61. The first-order chi connectivity index (χ1) is 12.2. The van der Waals surface area contributed by atoms with Crippen LogP contribution in [0.2, 0.25) is 0 Å². The third-order valence-electron chi connectivity index (χ3n) is 3.87. The van der Waals surface area contributed by atoms with Gasteiger partial charge in [-0.05, 0) is 51.8 Å². The predicted octanol–water partition coefficient (Wildman–Crippen LogP) is 2.71. The number of aryl methyl sites for hydroxylation is 2. The Morgan fingerprint density at radius 1 is 1.15 bits per heavy atom. The Labute approximate surface area is 154 Å². The van der Waals surface area contributed by atoms with Gasteiger partial charge in [0, 0.05) is 24.2 Å². The highest BCUT2D eigenvalue weighted by Gasteiger charge is 2.17. The number of hydrazone groups is 1. The number of anilines is 1. The van der Waals surface area contributed by atoms with Crippen LogP contribution in [0.25, 0.3) is 0 Å². The van der Waals surface area contributed by atoms with Crippen LogP contribution < -0.4 is 10.7 Å². The Bertz CT molecular complexity index is 698. The topological polar surface area (TPSA) is 96.9 Å². The van der Waals surface area contributed by atoms with Crippen molar-refractivity contribution in [3.8, 4) is 0 Å². The van der Waals surface area contributed by atoms with Crippen LogP contribution in [0.15, 0.2) is 23.3 Å². The van der Waals surface area contributed by atoms with Gasteiger partial charge in [-0.15, -0.1) is 0 Å². The molecule has 0 bridgehead atoms. The number of nitrogens with one attached hydrogen (secondary N) is 2. The highest BCUT2D eigenvalue weighted by molar-refractivity contribution is 6.01. The van der Waals surface area contributed by atoms with Crippen LogP contribution >= 0.6 is 0 Å². The Balaban J connectivity index is 2.46. The van der Waals surface area contributed by atoms with Gasteiger partial charge < -0.3 is 10.1 Å². The van der Waals surface area contributed by atoms with E-state index in [1.807, 2.05) is 32.0 Å². The lowest BCUT2D eigenvalue weighted by molar-refractivity contribution is -0.145. The van der Waals surface area contributed by atoms with Crippen molar-refractivity contribution >= 4 is 29.2 Å². The molecule has 0 saturated heterocycles. The van der Waals surface area contributed by atoms with Gasteiger partial charge >= 0.3 is 5.97 Å². The van der Waals surface area contributed by atoms with Crippen LogP contribution in [0.4, 0.5) is 5.69 Å². The summed E-state index contributed by atoms with van der Waals surface area (Å²) in [7, 11) is 0. The van der Waals surface area contributed by atoms with Gasteiger partial charge in [0.05, 0.1) is 12.5 Å². The number of carbonyl (C=O) groups is 3. The monoisotopic (exact) mass is 361 g/mol. The van der Waals surface area contributed by atoms with Crippen molar-refractivity contribution in [3.63, 3.8) is 0 Å². The fraction of sp³-hybridized carbons (Fsp3) is 0.474. The average molecular weight is 361 g/mol. The van der Waals surface area contributed by atoms with Crippen molar-refractivity contribution in [2.45, 2.75) is 47.5 Å². The zero-order valence-corrected chi connectivity index (χ0v) is 16.0. The number of rotatable bonds is 8. The number of carbonyl (C=O) groups excluding carboxylic acids is 3. The highest BCUT2D eigenvalue weighted by Crippen LogP contribution is 2.16. The third-order valence-corrected chi connectivity index (χ3v) is 3.87. The van der Waals surface area contributed by atoms with E-state index in [-0.39, 0.29) is 18.7 Å². The number of amides is 2. The minimum absolute atomic E-state index is 0.00125. The number of benzene rings is 1. The van der Waals surface area contributed by atoms with Gasteiger partial charge in [-0.3, -0.25) is 14.4 Å². The predicted molar refractivity (Wildman–Crippen MR) is 101 cm³/mol. The van der Waals surface area contributed by atoms with E-state index in [0.29, 0.717) is 12.3 Å². The van der Waals surface area contributed by atoms with Crippen molar-refractivity contribution < 1.29 is 19.1 Å². The Kier molecular flexibility index (Phi) is 8.48. The second-order valence-corrected chi connectivity index (χ2v) is 6.13. The van der Waals surface area contributed by atoms with Gasteiger partial charge in [-0.25, -0.2) is 5.43 Å². The van der Waals surface area contributed by atoms with Gasteiger partial charge in [-0.1, -0.05) is 12.1 Å². The second-order valence-electron chi connectivity index (χ2n) is 6.13. The fourth-order valence-corrected chi connectivity index (χ4v) is 2.05. The summed E-state index contributed by atoms with van der Waals surface area (Å²) < 4.78 is 4.90. The van der Waals surface area contributed by atoms with Crippen LogP contribution in [0, 0.1) is 19.8 Å². The van der Waals surface area contributed by atoms with Gasteiger partial charge in [0.2, 0.25) is 11.8 Å². The van der Waals surface area contributed by atoms with Crippen LogP contribution in [-0.4, -0.2) is 30.1 Å². The van der Waals surface area contributed by atoms with E-state index in [0.717, 1.165) is 16.8 Å². The SMILES string of the molecule is CCOC(=O)C(C)/C(C)=N\NC(=O)CCC(=O)Nc1cc(C)ccc1C. The van der Waals surface area contributed by atoms with Gasteiger partial charge in [0.25, 0.3) is 0 Å². The molecule has 1 rings (SSSR count). The van der Waals surface area contributed by atoms with E-state index in [4.69, 9.17) is 4.74 Å². The Morgan fingerprint density at radius 2 is 1.81 bits per heavy atom. The van der Waals surface area contributed by atoms with Crippen molar-refractivity contribution in [3.05, 3.63) is 29.3 Å². The summed E-state index contributed by atoms with van der Waals surface area (Å²) in [6.07, 6.45) is 0.0441. The Morgan fingerprint density at radius 3 is 2.46 bits per heavy atom. The quantitative estimate of drug-likeness (QED) is 0.423. The summed E-state index contributed by atoms with van der Waals surface area (Å²) in [4.78, 5) is 35.4. The second kappa shape index (κ2) is 10.3. The zero-order chi connectivity index (χ0) is 19.7. The number of esters is 1. The standard InChI is InChI=1S/C19H27N3O4/c1-6-26-19(25)14(4)15(5)21-22-18(24)10-9-17(23)20-16-11-12(2)7-8-13(16)3/h7-8,11,14H,6,9-10H2,1-5H3,(H,20,23)(H,22,24)/b21-15-. The smallest absolute Gasteiger partial charge is 0.314 e. The molecule has 0 aliphatic rings. The fourth-order valence-electron chi connectivity index (χ4n) is 2.05. The molecule has 26 heavy (non-hydrogen) atoms. The molecule has 0 spiro atoms. The van der Waals surface area contributed by atoms with E-state index in [9.17, 15) is 14.4 Å². The van der Waals surface area contributed by atoms with Gasteiger partial charge in [0.1, 0.15) is 0 Å². The van der Waals surface area contributed by atoms with Crippen molar-refractivity contribution in [2.24, 2.45) is 11.0 Å². The third kappa shape index (κ3) is 7.04.